The van der Waals surface area contributed by atoms with Gasteiger partial charge in [-0.1, -0.05) is 6.07 Å². The quantitative estimate of drug-likeness (QED) is 0.856. The summed E-state index contributed by atoms with van der Waals surface area (Å²) >= 11 is 0. The number of esters is 1. The Hall–Kier alpha value is -1.97. The van der Waals surface area contributed by atoms with Crippen molar-refractivity contribution >= 4 is 16.9 Å². The summed E-state index contributed by atoms with van der Waals surface area (Å²) < 4.78 is 10.2. The molecule has 1 aliphatic carbocycles. The number of nitrogens with one attached hydrogen (secondary N) is 1. The summed E-state index contributed by atoms with van der Waals surface area (Å²) in [6.45, 7) is 0. The Morgan fingerprint density at radius 2 is 2.24 bits per heavy atom. The van der Waals surface area contributed by atoms with Gasteiger partial charge in [-0.15, -0.1) is 0 Å². The van der Waals surface area contributed by atoms with Crippen LogP contribution in [0.5, 0.6) is 5.75 Å². The molecule has 0 saturated carbocycles. The van der Waals surface area contributed by atoms with E-state index in [1.165, 1.54) is 23.8 Å². The number of hydrogen-bond acceptors (Lipinski definition) is 3. The van der Waals surface area contributed by atoms with Crippen LogP contribution in [-0.2, 0) is 16.0 Å². The molecular formula is C17H21NO3. The van der Waals surface area contributed by atoms with Crippen LogP contribution in [0.1, 0.15) is 42.9 Å². The first-order valence-corrected chi connectivity index (χ1v) is 7.49. The van der Waals surface area contributed by atoms with Gasteiger partial charge in [0.05, 0.1) is 14.2 Å². The molecule has 0 radical (unpaired) electrons. The number of methoxy groups -OCH3 is 2. The van der Waals surface area contributed by atoms with Gasteiger partial charge in [-0.2, -0.15) is 0 Å². The maximum absolute atomic E-state index is 11.2. The maximum Gasteiger partial charge on any atom is 0.305 e. The minimum atomic E-state index is -0.121. The number of aromatic amines is 1. The van der Waals surface area contributed by atoms with Crippen molar-refractivity contribution in [3.05, 3.63) is 29.5 Å². The minimum absolute atomic E-state index is 0.121. The van der Waals surface area contributed by atoms with Gasteiger partial charge in [0, 0.05) is 23.0 Å². The number of carbonyl (C=O) groups is 1. The van der Waals surface area contributed by atoms with Crippen LogP contribution in [0, 0.1) is 0 Å². The molecule has 1 N–H and O–H groups in total. The van der Waals surface area contributed by atoms with E-state index in [9.17, 15) is 4.79 Å². The van der Waals surface area contributed by atoms with Crippen molar-refractivity contribution in [1.29, 1.82) is 0 Å². The first kappa shape index (κ1) is 14.0. The number of carbonyl (C=O) groups excluding carboxylic acids is 1. The number of H-pyrrole nitrogens is 1. The first-order valence-electron chi connectivity index (χ1n) is 7.49. The standard InChI is InChI=1S/C17H21NO3/c1-20-14-7-4-6-12-17(14)16-11(9-10-13(16)18-12)5-3-8-15(19)21-2/h4,6-7,11,18H,3,5,8-10H2,1-2H3. The molecule has 0 amide bonds. The Kier molecular flexibility index (Phi) is 3.86. The molecule has 4 heteroatoms. The van der Waals surface area contributed by atoms with Crippen molar-refractivity contribution in [2.24, 2.45) is 0 Å². The normalized spacial score (nSPS) is 17.0. The van der Waals surface area contributed by atoms with E-state index in [-0.39, 0.29) is 5.97 Å². The first-order chi connectivity index (χ1) is 10.2. The van der Waals surface area contributed by atoms with Crippen LogP contribution in [0.15, 0.2) is 18.2 Å². The van der Waals surface area contributed by atoms with Gasteiger partial charge in [-0.05, 0) is 49.3 Å². The summed E-state index contributed by atoms with van der Waals surface area (Å²) in [5.41, 5.74) is 3.88. The van der Waals surface area contributed by atoms with Crippen LogP contribution in [0.4, 0.5) is 0 Å². The molecule has 2 aromatic rings. The van der Waals surface area contributed by atoms with E-state index in [0.29, 0.717) is 12.3 Å². The Labute approximate surface area is 124 Å². The maximum atomic E-state index is 11.2. The van der Waals surface area contributed by atoms with Gasteiger partial charge in [0.25, 0.3) is 0 Å². The predicted molar refractivity (Wildman–Crippen MR) is 81.8 cm³/mol. The average molecular weight is 287 g/mol. The summed E-state index contributed by atoms with van der Waals surface area (Å²) in [5.74, 6) is 1.32. The van der Waals surface area contributed by atoms with Gasteiger partial charge < -0.3 is 14.5 Å². The van der Waals surface area contributed by atoms with Gasteiger partial charge >= 0.3 is 5.97 Å². The second-order valence-corrected chi connectivity index (χ2v) is 5.60. The van der Waals surface area contributed by atoms with E-state index < -0.39 is 0 Å². The summed E-state index contributed by atoms with van der Waals surface area (Å²) in [7, 11) is 3.16. The Morgan fingerprint density at radius 3 is 3.00 bits per heavy atom. The van der Waals surface area contributed by atoms with E-state index in [1.54, 1.807) is 7.11 Å². The van der Waals surface area contributed by atoms with Crippen molar-refractivity contribution in [3.63, 3.8) is 0 Å². The summed E-state index contributed by atoms with van der Waals surface area (Å²) in [6.07, 6.45) is 4.62. The zero-order valence-electron chi connectivity index (χ0n) is 12.6. The average Bonchev–Trinajstić information content (AvgIpc) is 3.06. The minimum Gasteiger partial charge on any atom is -0.496 e. The van der Waals surface area contributed by atoms with Crippen LogP contribution in [0.2, 0.25) is 0 Å². The third-order valence-electron chi connectivity index (χ3n) is 4.44. The van der Waals surface area contributed by atoms with E-state index in [0.717, 1.165) is 36.9 Å². The largest absolute Gasteiger partial charge is 0.496 e. The number of rotatable bonds is 5. The SMILES string of the molecule is COC(=O)CCCC1CCc2[nH]c3cccc(OC)c3c21. The van der Waals surface area contributed by atoms with Crippen molar-refractivity contribution in [2.75, 3.05) is 14.2 Å². The third-order valence-corrected chi connectivity index (χ3v) is 4.44. The lowest BCUT2D eigenvalue weighted by Gasteiger charge is -2.12. The molecule has 1 aromatic carbocycles. The number of fused-ring (bicyclic) bond motifs is 3. The molecule has 0 aliphatic heterocycles. The molecule has 21 heavy (non-hydrogen) atoms. The van der Waals surface area contributed by atoms with E-state index in [4.69, 9.17) is 9.47 Å². The number of benzene rings is 1. The van der Waals surface area contributed by atoms with E-state index >= 15 is 0 Å². The second kappa shape index (κ2) is 5.80. The lowest BCUT2D eigenvalue weighted by atomic mass is 9.94. The smallest absolute Gasteiger partial charge is 0.305 e. The number of hydrogen-bond donors (Lipinski definition) is 1. The highest BCUT2D eigenvalue weighted by atomic mass is 16.5. The Balaban J connectivity index is 1.85. The van der Waals surface area contributed by atoms with Crippen molar-refractivity contribution in [2.45, 2.75) is 38.0 Å². The zero-order valence-corrected chi connectivity index (χ0v) is 12.6. The van der Waals surface area contributed by atoms with Crippen LogP contribution in [-0.4, -0.2) is 25.2 Å². The number of aryl methyl sites for hydroxylation is 1. The summed E-state index contributed by atoms with van der Waals surface area (Å²) in [6, 6.07) is 6.13. The molecule has 1 aromatic heterocycles. The second-order valence-electron chi connectivity index (χ2n) is 5.60. The number of aromatic nitrogens is 1. The Bertz CT molecular complexity index is 659. The summed E-state index contributed by atoms with van der Waals surface area (Å²) in [4.78, 5) is 14.8. The fourth-order valence-corrected chi connectivity index (χ4v) is 3.46. The van der Waals surface area contributed by atoms with Crippen LogP contribution < -0.4 is 4.74 Å². The van der Waals surface area contributed by atoms with E-state index in [1.807, 2.05) is 12.1 Å². The molecule has 0 spiro atoms. The molecule has 1 atom stereocenters. The topological polar surface area (TPSA) is 51.3 Å². The molecule has 3 rings (SSSR count). The number of ether oxygens (including phenoxy) is 2. The molecule has 0 bridgehead atoms. The zero-order chi connectivity index (χ0) is 14.8. The highest BCUT2D eigenvalue weighted by Gasteiger charge is 2.28. The fourth-order valence-electron chi connectivity index (χ4n) is 3.46. The highest BCUT2D eigenvalue weighted by Crippen LogP contribution is 2.44. The lowest BCUT2D eigenvalue weighted by Crippen LogP contribution is -2.01. The molecule has 4 nitrogen and oxygen atoms in total. The van der Waals surface area contributed by atoms with Crippen LogP contribution in [0.3, 0.4) is 0 Å². The van der Waals surface area contributed by atoms with Gasteiger partial charge in [0.1, 0.15) is 5.75 Å². The fraction of sp³-hybridized carbons (Fsp3) is 0.471. The molecule has 1 heterocycles. The third kappa shape index (κ3) is 2.50. The molecule has 1 unspecified atom stereocenters. The lowest BCUT2D eigenvalue weighted by molar-refractivity contribution is -0.140. The molecular weight excluding hydrogens is 266 g/mol. The van der Waals surface area contributed by atoms with E-state index in [2.05, 4.69) is 11.1 Å². The molecule has 112 valence electrons. The van der Waals surface area contributed by atoms with Gasteiger partial charge in [0.2, 0.25) is 0 Å². The van der Waals surface area contributed by atoms with Gasteiger partial charge in [-0.25, -0.2) is 0 Å². The molecule has 0 saturated heterocycles. The predicted octanol–water partition coefficient (Wildman–Crippen LogP) is 3.55. The molecule has 1 aliphatic rings. The molecule has 0 fully saturated rings. The van der Waals surface area contributed by atoms with Crippen molar-refractivity contribution in [1.82, 2.24) is 4.98 Å². The Morgan fingerprint density at radius 1 is 1.38 bits per heavy atom. The van der Waals surface area contributed by atoms with Gasteiger partial charge in [-0.3, -0.25) is 4.79 Å². The monoisotopic (exact) mass is 287 g/mol. The van der Waals surface area contributed by atoms with Crippen molar-refractivity contribution < 1.29 is 14.3 Å². The van der Waals surface area contributed by atoms with Crippen LogP contribution in [0.25, 0.3) is 10.9 Å². The van der Waals surface area contributed by atoms with Gasteiger partial charge in [0.15, 0.2) is 0 Å². The summed E-state index contributed by atoms with van der Waals surface area (Å²) in [5, 5.41) is 1.22. The highest BCUT2D eigenvalue weighted by molar-refractivity contribution is 5.91. The van der Waals surface area contributed by atoms with Crippen LogP contribution >= 0.6 is 0 Å². The van der Waals surface area contributed by atoms with Crippen molar-refractivity contribution in [3.8, 4) is 5.75 Å².